The molecule has 0 atom stereocenters. The van der Waals surface area contributed by atoms with Crippen LogP contribution in [0.4, 0.5) is 0 Å². The van der Waals surface area contributed by atoms with E-state index in [0.717, 1.165) is 16.7 Å². The first-order chi connectivity index (χ1) is 8.79. The number of rotatable bonds is 2. The maximum Gasteiger partial charge on any atom is 0.140 e. The van der Waals surface area contributed by atoms with E-state index >= 15 is 0 Å². The summed E-state index contributed by atoms with van der Waals surface area (Å²) in [5.41, 5.74) is 2.69. The van der Waals surface area contributed by atoms with Gasteiger partial charge in [0.2, 0.25) is 0 Å². The number of hydrogen-bond donors (Lipinski definition) is 1. The zero-order valence-electron chi connectivity index (χ0n) is 9.55. The van der Waals surface area contributed by atoms with E-state index in [2.05, 4.69) is 4.98 Å². The van der Waals surface area contributed by atoms with Crippen LogP contribution in [0.15, 0.2) is 48.5 Å². The molecule has 0 saturated carbocycles. The molecular weight excluding hydrogens is 248 g/mol. The molecule has 0 aliphatic rings. The topological polar surface area (TPSA) is 38.1 Å². The molecule has 1 heterocycles. The zero-order chi connectivity index (χ0) is 12.5. The van der Waals surface area contributed by atoms with Crippen molar-refractivity contribution in [3.63, 3.8) is 0 Å². The molecule has 1 aromatic heterocycles. The van der Waals surface area contributed by atoms with E-state index in [1.165, 1.54) is 0 Å². The van der Waals surface area contributed by atoms with Gasteiger partial charge >= 0.3 is 0 Å². The molecule has 0 fully saturated rings. The van der Waals surface area contributed by atoms with Gasteiger partial charge in [-0.15, -0.1) is 0 Å². The molecule has 0 bridgehead atoms. The molecule has 0 spiro atoms. The molecule has 1 N–H and O–H groups in total. The molecule has 18 heavy (non-hydrogen) atoms. The van der Waals surface area contributed by atoms with Crippen LogP contribution in [0.25, 0.3) is 16.7 Å². The van der Waals surface area contributed by atoms with E-state index in [-0.39, 0.29) is 6.61 Å². The maximum atomic E-state index is 9.43. The SMILES string of the molecule is OCc1nc2ccc(Cl)cc2n1-c1ccccc1. The minimum Gasteiger partial charge on any atom is -0.388 e. The molecule has 4 heteroatoms. The van der Waals surface area contributed by atoms with Crippen LogP contribution in [-0.2, 0) is 6.61 Å². The molecule has 3 rings (SSSR count). The Morgan fingerprint density at radius 1 is 1.11 bits per heavy atom. The molecule has 0 radical (unpaired) electrons. The van der Waals surface area contributed by atoms with Crippen LogP contribution < -0.4 is 0 Å². The van der Waals surface area contributed by atoms with Crippen LogP contribution in [-0.4, -0.2) is 14.7 Å². The normalized spacial score (nSPS) is 11.0. The molecule has 90 valence electrons. The van der Waals surface area contributed by atoms with Crippen LogP contribution in [0, 0.1) is 0 Å². The highest BCUT2D eigenvalue weighted by Gasteiger charge is 2.11. The Labute approximate surface area is 109 Å². The number of aliphatic hydroxyl groups is 1. The number of hydrogen-bond acceptors (Lipinski definition) is 2. The van der Waals surface area contributed by atoms with Crippen LogP contribution in [0.2, 0.25) is 5.02 Å². The fourth-order valence-corrected chi connectivity index (χ4v) is 2.24. The van der Waals surface area contributed by atoms with Gasteiger partial charge in [0.15, 0.2) is 0 Å². The van der Waals surface area contributed by atoms with Gasteiger partial charge in [0.25, 0.3) is 0 Å². The molecule has 0 aliphatic carbocycles. The summed E-state index contributed by atoms with van der Waals surface area (Å²) in [6.45, 7) is -0.110. The van der Waals surface area contributed by atoms with Crippen molar-refractivity contribution >= 4 is 22.6 Å². The van der Waals surface area contributed by atoms with E-state index < -0.39 is 0 Å². The van der Waals surface area contributed by atoms with Gasteiger partial charge in [0.05, 0.1) is 11.0 Å². The molecule has 0 aliphatic heterocycles. The number of aliphatic hydroxyl groups excluding tert-OH is 1. The zero-order valence-corrected chi connectivity index (χ0v) is 10.3. The van der Waals surface area contributed by atoms with Gasteiger partial charge in [-0.3, -0.25) is 4.57 Å². The Kier molecular flexibility index (Phi) is 2.78. The van der Waals surface area contributed by atoms with Crippen LogP contribution in [0.5, 0.6) is 0 Å². The summed E-state index contributed by atoms with van der Waals surface area (Å²) >= 11 is 6.03. The third kappa shape index (κ3) is 1.78. The van der Waals surface area contributed by atoms with E-state index in [1.807, 2.05) is 47.0 Å². The summed E-state index contributed by atoms with van der Waals surface area (Å²) in [5.74, 6) is 0.610. The average Bonchev–Trinajstić information content (AvgIpc) is 2.77. The van der Waals surface area contributed by atoms with Gasteiger partial charge in [0, 0.05) is 10.7 Å². The second kappa shape index (κ2) is 4.44. The quantitative estimate of drug-likeness (QED) is 0.767. The summed E-state index contributed by atoms with van der Waals surface area (Å²) in [5, 5.41) is 10.1. The lowest BCUT2D eigenvalue weighted by Gasteiger charge is -2.07. The third-order valence-electron chi connectivity index (χ3n) is 2.84. The van der Waals surface area contributed by atoms with Crippen molar-refractivity contribution < 1.29 is 5.11 Å². The summed E-state index contributed by atoms with van der Waals surface area (Å²) in [4.78, 5) is 4.40. The lowest BCUT2D eigenvalue weighted by Crippen LogP contribution is -2.00. The van der Waals surface area contributed by atoms with Crippen LogP contribution >= 0.6 is 11.6 Å². The molecular formula is C14H11ClN2O. The van der Waals surface area contributed by atoms with Gasteiger partial charge in [-0.05, 0) is 30.3 Å². The van der Waals surface area contributed by atoms with Crippen molar-refractivity contribution in [2.75, 3.05) is 0 Å². The molecule has 0 amide bonds. The number of benzene rings is 2. The fourth-order valence-electron chi connectivity index (χ4n) is 2.07. The number of halogens is 1. The standard InChI is InChI=1S/C14H11ClN2O/c15-10-6-7-12-13(8-10)17(14(9-18)16-12)11-4-2-1-3-5-11/h1-8,18H,9H2. The first kappa shape index (κ1) is 11.3. The summed E-state index contributed by atoms with van der Waals surface area (Å²) in [6, 6.07) is 15.3. The highest BCUT2D eigenvalue weighted by Crippen LogP contribution is 2.24. The first-order valence-corrected chi connectivity index (χ1v) is 6.00. The van der Waals surface area contributed by atoms with Gasteiger partial charge in [-0.25, -0.2) is 4.98 Å². The number of imidazole rings is 1. The van der Waals surface area contributed by atoms with Crippen molar-refractivity contribution in [2.45, 2.75) is 6.61 Å². The second-order valence-corrected chi connectivity index (χ2v) is 4.43. The van der Waals surface area contributed by atoms with Gasteiger partial charge in [-0.1, -0.05) is 29.8 Å². The summed E-state index contributed by atoms with van der Waals surface area (Å²) < 4.78 is 1.92. The van der Waals surface area contributed by atoms with E-state index in [1.54, 1.807) is 6.07 Å². The fraction of sp³-hybridized carbons (Fsp3) is 0.0714. The molecule has 3 nitrogen and oxygen atoms in total. The lowest BCUT2D eigenvalue weighted by atomic mass is 10.3. The Bertz CT molecular complexity index is 692. The van der Waals surface area contributed by atoms with E-state index in [4.69, 9.17) is 11.6 Å². The molecule has 3 aromatic rings. The maximum absolute atomic E-state index is 9.43. The Morgan fingerprint density at radius 2 is 1.89 bits per heavy atom. The summed E-state index contributed by atoms with van der Waals surface area (Å²) in [7, 11) is 0. The van der Waals surface area contributed by atoms with Gasteiger partial charge in [-0.2, -0.15) is 0 Å². The van der Waals surface area contributed by atoms with Gasteiger partial charge < -0.3 is 5.11 Å². The monoisotopic (exact) mass is 258 g/mol. The van der Waals surface area contributed by atoms with Gasteiger partial charge in [0.1, 0.15) is 12.4 Å². The smallest absolute Gasteiger partial charge is 0.140 e. The average molecular weight is 259 g/mol. The van der Waals surface area contributed by atoms with Crippen LogP contribution in [0.1, 0.15) is 5.82 Å². The predicted octanol–water partition coefficient (Wildman–Crippen LogP) is 3.17. The highest BCUT2D eigenvalue weighted by molar-refractivity contribution is 6.31. The number of fused-ring (bicyclic) bond motifs is 1. The van der Waals surface area contributed by atoms with Crippen molar-refractivity contribution in [3.8, 4) is 5.69 Å². The Balaban J connectivity index is 2.35. The Hall–Kier alpha value is -1.84. The molecule has 2 aromatic carbocycles. The van der Waals surface area contributed by atoms with Crippen molar-refractivity contribution in [2.24, 2.45) is 0 Å². The molecule has 0 unspecified atom stereocenters. The number of para-hydroxylation sites is 1. The van der Waals surface area contributed by atoms with Crippen LogP contribution in [0.3, 0.4) is 0 Å². The van der Waals surface area contributed by atoms with Crippen molar-refractivity contribution in [1.82, 2.24) is 9.55 Å². The second-order valence-electron chi connectivity index (χ2n) is 3.99. The lowest BCUT2D eigenvalue weighted by molar-refractivity contribution is 0.270. The number of aromatic nitrogens is 2. The van der Waals surface area contributed by atoms with E-state index in [9.17, 15) is 5.11 Å². The number of nitrogens with zero attached hydrogens (tertiary/aromatic N) is 2. The first-order valence-electron chi connectivity index (χ1n) is 5.63. The highest BCUT2D eigenvalue weighted by atomic mass is 35.5. The largest absolute Gasteiger partial charge is 0.388 e. The molecule has 0 saturated heterocycles. The Morgan fingerprint density at radius 3 is 2.61 bits per heavy atom. The third-order valence-corrected chi connectivity index (χ3v) is 3.08. The summed E-state index contributed by atoms with van der Waals surface area (Å²) in [6.07, 6.45) is 0. The van der Waals surface area contributed by atoms with E-state index in [0.29, 0.717) is 10.8 Å². The minimum atomic E-state index is -0.110. The van der Waals surface area contributed by atoms with Crippen molar-refractivity contribution in [1.29, 1.82) is 0 Å². The minimum absolute atomic E-state index is 0.110. The van der Waals surface area contributed by atoms with Crippen molar-refractivity contribution in [3.05, 3.63) is 59.4 Å². The predicted molar refractivity (Wildman–Crippen MR) is 72.0 cm³/mol.